The van der Waals surface area contributed by atoms with Crippen molar-refractivity contribution in [3.05, 3.63) is 58.4 Å². The third-order valence-electron chi connectivity index (χ3n) is 5.11. The predicted molar refractivity (Wildman–Crippen MR) is 105 cm³/mol. The molecule has 0 spiro atoms. The van der Waals surface area contributed by atoms with E-state index in [1.807, 2.05) is 0 Å². The fraction of sp³-hybridized carbons (Fsp3) is 0.368. The molecular weight excluding hydrogens is 334 g/mol. The highest BCUT2D eigenvalue weighted by Crippen LogP contribution is 2.37. The molecular formula is C19H24ClN5. The van der Waals surface area contributed by atoms with Gasteiger partial charge in [-0.25, -0.2) is 0 Å². The number of halogens is 1. The van der Waals surface area contributed by atoms with E-state index in [1.54, 1.807) is 0 Å². The third kappa shape index (κ3) is 3.42. The molecule has 2 aromatic rings. The summed E-state index contributed by atoms with van der Waals surface area (Å²) in [7, 11) is 0. The number of fused-ring (bicyclic) bond motifs is 3. The molecule has 1 atom stereocenters. The fourth-order valence-corrected chi connectivity index (χ4v) is 4.07. The number of nitrogens with one attached hydrogen (secondary N) is 1. The van der Waals surface area contributed by atoms with E-state index in [0.29, 0.717) is 5.92 Å². The lowest BCUT2D eigenvalue weighted by Gasteiger charge is -2.24. The van der Waals surface area contributed by atoms with Gasteiger partial charge < -0.3 is 16.5 Å². The summed E-state index contributed by atoms with van der Waals surface area (Å²) in [5.74, 6) is 0.419. The lowest BCUT2D eigenvalue weighted by Crippen LogP contribution is -2.23. The number of nitrogens with zero attached hydrogens (tertiary/aromatic N) is 2. The molecule has 0 bridgehead atoms. The van der Waals surface area contributed by atoms with E-state index in [1.165, 1.54) is 40.9 Å². The standard InChI is InChI=1S/C19H23N5.ClH/c20-19(21)24-23-17-11-13(12-6-2-1-3-7-12)10-16-18(17)14-8-4-5-9-15(14)22-16;/h1-3,6-7,13,22H,4-5,8-11H2,(H4,20,21,24);1H/b23-17-;. The summed E-state index contributed by atoms with van der Waals surface area (Å²) in [5, 5.41) is 8.36. The first-order valence-corrected chi connectivity index (χ1v) is 8.65. The average Bonchev–Trinajstić information content (AvgIpc) is 2.99. The summed E-state index contributed by atoms with van der Waals surface area (Å²) in [4.78, 5) is 3.68. The molecule has 0 radical (unpaired) electrons. The average molecular weight is 358 g/mol. The Bertz CT molecular complexity index is 803. The molecule has 1 aromatic heterocycles. The minimum absolute atomic E-state index is 0. The Kier molecular flexibility index (Phi) is 5.13. The Balaban J connectivity index is 0.00000182. The number of hydrogen-bond acceptors (Lipinski definition) is 2. The maximum absolute atomic E-state index is 5.50. The van der Waals surface area contributed by atoms with Gasteiger partial charge in [0.05, 0.1) is 5.71 Å². The van der Waals surface area contributed by atoms with Crippen LogP contribution in [0.5, 0.6) is 0 Å². The van der Waals surface area contributed by atoms with Gasteiger partial charge in [-0.2, -0.15) is 5.10 Å². The molecule has 1 unspecified atom stereocenters. The molecule has 4 rings (SSSR count). The van der Waals surface area contributed by atoms with Gasteiger partial charge in [0.25, 0.3) is 0 Å². The van der Waals surface area contributed by atoms with Gasteiger partial charge >= 0.3 is 0 Å². The molecule has 132 valence electrons. The minimum Gasteiger partial charge on any atom is -0.369 e. The molecule has 0 saturated carbocycles. The third-order valence-corrected chi connectivity index (χ3v) is 5.11. The summed E-state index contributed by atoms with van der Waals surface area (Å²) in [6.07, 6.45) is 6.65. The van der Waals surface area contributed by atoms with E-state index >= 15 is 0 Å². The van der Waals surface area contributed by atoms with Crippen LogP contribution in [0.3, 0.4) is 0 Å². The topological polar surface area (TPSA) is 92.6 Å². The van der Waals surface area contributed by atoms with Crippen LogP contribution >= 0.6 is 12.4 Å². The van der Waals surface area contributed by atoms with E-state index in [2.05, 4.69) is 45.5 Å². The van der Waals surface area contributed by atoms with Gasteiger partial charge in [0.15, 0.2) is 0 Å². The highest BCUT2D eigenvalue weighted by atomic mass is 35.5. The van der Waals surface area contributed by atoms with Gasteiger partial charge in [-0.05, 0) is 55.6 Å². The largest absolute Gasteiger partial charge is 0.369 e. The Labute approximate surface area is 154 Å². The first-order chi connectivity index (χ1) is 11.7. The molecule has 1 aromatic carbocycles. The number of aromatic amines is 1. The smallest absolute Gasteiger partial charge is 0.211 e. The Morgan fingerprint density at radius 3 is 2.52 bits per heavy atom. The van der Waals surface area contributed by atoms with Crippen LogP contribution in [-0.2, 0) is 19.3 Å². The lowest BCUT2D eigenvalue weighted by molar-refractivity contribution is 0.674. The SMILES string of the molecule is Cl.NC(N)=N/N=C1/CC(c2ccccc2)Cc2[nH]c3c(c21)CCCC3. The number of aromatic nitrogens is 1. The maximum Gasteiger partial charge on any atom is 0.211 e. The predicted octanol–water partition coefficient (Wildman–Crippen LogP) is 3.02. The van der Waals surface area contributed by atoms with Crippen LogP contribution in [0.2, 0.25) is 0 Å². The summed E-state index contributed by atoms with van der Waals surface area (Å²) >= 11 is 0. The van der Waals surface area contributed by atoms with Crippen LogP contribution in [0.4, 0.5) is 0 Å². The number of hydrogen-bond donors (Lipinski definition) is 3. The van der Waals surface area contributed by atoms with Crippen molar-refractivity contribution in [1.29, 1.82) is 0 Å². The van der Waals surface area contributed by atoms with Crippen LogP contribution in [0.25, 0.3) is 0 Å². The number of benzene rings is 1. The van der Waals surface area contributed by atoms with E-state index in [9.17, 15) is 0 Å². The van der Waals surface area contributed by atoms with Gasteiger partial charge in [0.1, 0.15) is 0 Å². The molecule has 2 aliphatic carbocycles. The molecule has 2 aliphatic rings. The number of guanidine groups is 1. The quantitative estimate of drug-likeness (QED) is 0.438. The van der Waals surface area contributed by atoms with E-state index in [4.69, 9.17) is 11.5 Å². The van der Waals surface area contributed by atoms with Crippen LogP contribution in [0.15, 0.2) is 40.5 Å². The molecule has 1 heterocycles. The van der Waals surface area contributed by atoms with Crippen LogP contribution in [0, 0.1) is 0 Å². The monoisotopic (exact) mass is 357 g/mol. The van der Waals surface area contributed by atoms with E-state index in [0.717, 1.165) is 31.4 Å². The van der Waals surface area contributed by atoms with Crippen molar-refractivity contribution in [2.45, 2.75) is 44.4 Å². The molecule has 0 saturated heterocycles. The van der Waals surface area contributed by atoms with Crippen molar-refractivity contribution in [2.75, 3.05) is 0 Å². The Morgan fingerprint density at radius 2 is 1.76 bits per heavy atom. The molecule has 0 fully saturated rings. The van der Waals surface area contributed by atoms with Gasteiger partial charge in [-0.15, -0.1) is 17.5 Å². The molecule has 0 amide bonds. The second-order valence-corrected chi connectivity index (χ2v) is 6.73. The number of aryl methyl sites for hydroxylation is 1. The highest BCUT2D eigenvalue weighted by Gasteiger charge is 2.31. The van der Waals surface area contributed by atoms with Crippen LogP contribution < -0.4 is 11.5 Å². The van der Waals surface area contributed by atoms with E-state index in [-0.39, 0.29) is 18.4 Å². The first-order valence-electron chi connectivity index (χ1n) is 8.65. The summed E-state index contributed by atoms with van der Waals surface area (Å²) in [6, 6.07) is 10.6. The normalized spacial score (nSPS) is 20.3. The Morgan fingerprint density at radius 1 is 1.00 bits per heavy atom. The molecule has 25 heavy (non-hydrogen) atoms. The Hall–Kier alpha value is -2.27. The molecule has 0 aliphatic heterocycles. The number of rotatable bonds is 2. The lowest BCUT2D eigenvalue weighted by atomic mass is 9.80. The van der Waals surface area contributed by atoms with Gasteiger partial charge in [-0.3, -0.25) is 0 Å². The van der Waals surface area contributed by atoms with Gasteiger partial charge in [0.2, 0.25) is 5.96 Å². The molecule has 5 nitrogen and oxygen atoms in total. The minimum atomic E-state index is 0. The highest BCUT2D eigenvalue weighted by molar-refractivity contribution is 6.05. The van der Waals surface area contributed by atoms with E-state index < -0.39 is 0 Å². The first kappa shape index (κ1) is 17.5. The second kappa shape index (κ2) is 7.31. The zero-order valence-corrected chi connectivity index (χ0v) is 15.0. The fourth-order valence-electron chi connectivity index (χ4n) is 4.07. The number of H-pyrrole nitrogens is 1. The summed E-state index contributed by atoms with van der Waals surface area (Å²) in [5.41, 5.74) is 18.8. The second-order valence-electron chi connectivity index (χ2n) is 6.73. The zero-order valence-electron chi connectivity index (χ0n) is 14.2. The van der Waals surface area contributed by atoms with Gasteiger partial charge in [-0.1, -0.05) is 30.3 Å². The zero-order chi connectivity index (χ0) is 16.5. The van der Waals surface area contributed by atoms with Crippen molar-refractivity contribution in [1.82, 2.24) is 4.98 Å². The van der Waals surface area contributed by atoms with Crippen molar-refractivity contribution >= 4 is 24.1 Å². The van der Waals surface area contributed by atoms with Crippen molar-refractivity contribution in [2.24, 2.45) is 21.7 Å². The van der Waals surface area contributed by atoms with Gasteiger partial charge in [0, 0.05) is 17.0 Å². The summed E-state index contributed by atoms with van der Waals surface area (Å²) < 4.78 is 0. The van der Waals surface area contributed by atoms with Crippen LogP contribution in [-0.4, -0.2) is 16.7 Å². The number of nitrogens with two attached hydrogens (primary N) is 2. The summed E-state index contributed by atoms with van der Waals surface area (Å²) in [6.45, 7) is 0. The van der Waals surface area contributed by atoms with Crippen molar-refractivity contribution in [3.8, 4) is 0 Å². The maximum atomic E-state index is 5.50. The van der Waals surface area contributed by atoms with Crippen molar-refractivity contribution < 1.29 is 0 Å². The van der Waals surface area contributed by atoms with Crippen molar-refractivity contribution in [3.63, 3.8) is 0 Å². The van der Waals surface area contributed by atoms with Crippen LogP contribution in [0.1, 0.15) is 53.3 Å². The molecule has 6 heteroatoms. The molecule has 5 N–H and O–H groups in total.